The van der Waals surface area contributed by atoms with Crippen molar-refractivity contribution in [2.45, 2.75) is 51.7 Å². The molecule has 0 N–H and O–H groups in total. The number of fused-ring (bicyclic) bond motifs is 1. The molecule has 238 valence electrons. The standard InChI is InChI=1S/C36H35ClF2N4O3/c1-2-41-20-18-27(19-21-41)42(22-28-15-16-32(46-28)24-10-13-26(37)14-11-24)34(44)23-43-31-9-4-3-7-29(31)36(45)40-33(43)17-12-25-6-5-8-30(38)35(25)39/h3-11,13-16,27H,2,12,17-23H2,1H3. The summed E-state index contributed by atoms with van der Waals surface area (Å²) in [7, 11) is 0. The second-order valence-electron chi connectivity index (χ2n) is 11.6. The fourth-order valence-corrected chi connectivity index (χ4v) is 6.34. The van der Waals surface area contributed by atoms with Gasteiger partial charge in [-0.2, -0.15) is 4.98 Å². The summed E-state index contributed by atoms with van der Waals surface area (Å²) in [6.45, 7) is 5.05. The second-order valence-corrected chi connectivity index (χ2v) is 12.0. The minimum absolute atomic E-state index is 0.0113. The average molecular weight is 645 g/mol. The van der Waals surface area contributed by atoms with Crippen LogP contribution in [0.4, 0.5) is 8.78 Å². The highest BCUT2D eigenvalue weighted by Gasteiger charge is 2.29. The van der Waals surface area contributed by atoms with E-state index in [1.165, 1.54) is 12.1 Å². The molecule has 10 heteroatoms. The third kappa shape index (κ3) is 6.90. The predicted molar refractivity (Wildman–Crippen MR) is 175 cm³/mol. The minimum atomic E-state index is -0.932. The quantitative estimate of drug-likeness (QED) is 0.166. The summed E-state index contributed by atoms with van der Waals surface area (Å²) in [4.78, 5) is 35.9. The average Bonchev–Trinajstić information content (AvgIpc) is 3.55. The monoisotopic (exact) mass is 644 g/mol. The normalized spacial score (nSPS) is 14.2. The Bertz CT molecular complexity index is 1900. The molecule has 0 atom stereocenters. The molecule has 0 spiro atoms. The largest absolute Gasteiger partial charge is 0.459 e. The number of hydrogen-bond donors (Lipinski definition) is 0. The summed E-state index contributed by atoms with van der Waals surface area (Å²) in [5.41, 5.74) is 1.20. The van der Waals surface area contributed by atoms with Gasteiger partial charge in [-0.1, -0.05) is 42.8 Å². The lowest BCUT2D eigenvalue weighted by Gasteiger charge is -2.38. The number of para-hydroxylation sites is 1. The maximum absolute atomic E-state index is 14.5. The number of halogens is 3. The Kier molecular flexibility index (Phi) is 9.61. The molecule has 1 aliphatic rings. The van der Waals surface area contributed by atoms with Crippen LogP contribution in [0.3, 0.4) is 0 Å². The highest BCUT2D eigenvalue weighted by molar-refractivity contribution is 6.30. The fraction of sp³-hybridized carbons (Fsp3) is 0.306. The van der Waals surface area contributed by atoms with Gasteiger partial charge in [0.05, 0.1) is 17.4 Å². The van der Waals surface area contributed by atoms with Crippen molar-refractivity contribution in [1.29, 1.82) is 0 Å². The molecule has 0 saturated carbocycles. The first-order valence-corrected chi connectivity index (χ1v) is 16.0. The number of benzene rings is 3. The molecule has 3 heterocycles. The molecule has 46 heavy (non-hydrogen) atoms. The van der Waals surface area contributed by atoms with E-state index < -0.39 is 17.2 Å². The molecule has 7 nitrogen and oxygen atoms in total. The number of likely N-dealkylation sites (tertiary alicyclic amines) is 1. The molecule has 0 radical (unpaired) electrons. The van der Waals surface area contributed by atoms with Crippen LogP contribution in [-0.2, 0) is 30.7 Å². The van der Waals surface area contributed by atoms with E-state index in [1.54, 1.807) is 41.0 Å². The Morgan fingerprint density at radius 2 is 1.74 bits per heavy atom. The van der Waals surface area contributed by atoms with Gasteiger partial charge in [0.15, 0.2) is 11.6 Å². The van der Waals surface area contributed by atoms with Crippen LogP contribution in [0.15, 0.2) is 88.1 Å². The van der Waals surface area contributed by atoms with Gasteiger partial charge < -0.3 is 18.8 Å². The lowest BCUT2D eigenvalue weighted by Crippen LogP contribution is -2.48. The minimum Gasteiger partial charge on any atom is -0.459 e. The topological polar surface area (TPSA) is 71.6 Å². The third-order valence-corrected chi connectivity index (χ3v) is 9.04. The van der Waals surface area contributed by atoms with Crippen LogP contribution in [0.25, 0.3) is 22.2 Å². The highest BCUT2D eigenvalue weighted by atomic mass is 35.5. The number of hydrogen-bond acceptors (Lipinski definition) is 5. The first-order valence-electron chi connectivity index (χ1n) is 15.6. The predicted octanol–water partition coefficient (Wildman–Crippen LogP) is 6.89. The lowest BCUT2D eigenvalue weighted by molar-refractivity contribution is -0.136. The summed E-state index contributed by atoms with van der Waals surface area (Å²) >= 11 is 6.07. The van der Waals surface area contributed by atoms with Gasteiger partial charge in [0.25, 0.3) is 5.56 Å². The number of nitrogens with zero attached hydrogens (tertiary/aromatic N) is 4. The van der Waals surface area contributed by atoms with E-state index >= 15 is 0 Å². The Morgan fingerprint density at radius 1 is 0.978 bits per heavy atom. The smallest absolute Gasteiger partial charge is 0.280 e. The molecule has 0 aliphatic carbocycles. The molecule has 0 bridgehead atoms. The van der Waals surface area contributed by atoms with Crippen molar-refractivity contribution in [3.05, 3.63) is 123 Å². The summed E-state index contributed by atoms with van der Waals surface area (Å²) in [6, 6.07) is 22.2. The summed E-state index contributed by atoms with van der Waals surface area (Å²) in [5, 5.41) is 1.02. The highest BCUT2D eigenvalue weighted by Crippen LogP contribution is 2.27. The number of piperidine rings is 1. The van der Waals surface area contributed by atoms with Crippen molar-refractivity contribution < 1.29 is 18.0 Å². The molecule has 1 aliphatic heterocycles. The van der Waals surface area contributed by atoms with E-state index in [2.05, 4.69) is 16.8 Å². The maximum Gasteiger partial charge on any atom is 0.280 e. The first-order chi connectivity index (χ1) is 22.3. The number of carbonyl (C=O) groups excluding carboxylic acids is 1. The van der Waals surface area contributed by atoms with E-state index in [0.29, 0.717) is 33.3 Å². The van der Waals surface area contributed by atoms with Gasteiger partial charge in [-0.3, -0.25) is 9.59 Å². The maximum atomic E-state index is 14.5. The molecule has 1 fully saturated rings. The van der Waals surface area contributed by atoms with Gasteiger partial charge in [-0.05, 0) is 86.0 Å². The number of aryl methyl sites for hydroxylation is 2. The Hall–Kier alpha value is -4.34. The number of carbonyl (C=O) groups is 1. The molecule has 6 rings (SSSR count). The van der Waals surface area contributed by atoms with Crippen molar-refractivity contribution >= 4 is 28.4 Å². The summed E-state index contributed by atoms with van der Waals surface area (Å²) in [5.74, 6) is -0.325. The molecule has 3 aromatic carbocycles. The first kappa shape index (κ1) is 31.6. The van der Waals surface area contributed by atoms with Crippen LogP contribution in [0, 0.1) is 11.6 Å². The third-order valence-electron chi connectivity index (χ3n) is 8.79. The van der Waals surface area contributed by atoms with E-state index in [4.69, 9.17) is 16.0 Å². The summed E-state index contributed by atoms with van der Waals surface area (Å²) in [6.07, 6.45) is 1.89. The molecular formula is C36H35ClF2N4O3. The second kappa shape index (κ2) is 14.0. The number of aromatic nitrogens is 2. The van der Waals surface area contributed by atoms with Crippen molar-refractivity contribution in [2.24, 2.45) is 0 Å². The van der Waals surface area contributed by atoms with E-state index in [-0.39, 0.29) is 43.4 Å². The summed E-state index contributed by atoms with van der Waals surface area (Å²) < 4.78 is 36.4. The van der Waals surface area contributed by atoms with Crippen molar-refractivity contribution in [2.75, 3.05) is 19.6 Å². The van der Waals surface area contributed by atoms with Gasteiger partial charge in [-0.25, -0.2) is 8.78 Å². The molecule has 1 amide bonds. The van der Waals surface area contributed by atoms with Crippen molar-refractivity contribution in [3.63, 3.8) is 0 Å². The fourth-order valence-electron chi connectivity index (χ4n) is 6.22. The van der Waals surface area contributed by atoms with E-state index in [9.17, 15) is 18.4 Å². The SMILES string of the molecule is CCN1CCC(N(Cc2ccc(-c3ccc(Cl)cc3)o2)C(=O)Cn2c(CCc3cccc(F)c3F)nc(=O)c3ccccc32)CC1. The molecule has 0 unspecified atom stereocenters. The van der Waals surface area contributed by atoms with E-state index in [1.807, 2.05) is 29.2 Å². The molecule has 1 saturated heterocycles. The number of rotatable bonds is 10. The van der Waals surface area contributed by atoms with Gasteiger partial charge in [0, 0.05) is 36.1 Å². The zero-order chi connectivity index (χ0) is 32.2. The number of amides is 1. The van der Waals surface area contributed by atoms with Gasteiger partial charge >= 0.3 is 0 Å². The van der Waals surface area contributed by atoms with Crippen LogP contribution in [-0.4, -0.2) is 50.9 Å². The van der Waals surface area contributed by atoms with Crippen molar-refractivity contribution in [1.82, 2.24) is 19.4 Å². The van der Waals surface area contributed by atoms with Crippen LogP contribution >= 0.6 is 11.6 Å². The molecule has 2 aromatic heterocycles. The Balaban J connectivity index is 1.32. The Morgan fingerprint density at radius 3 is 2.50 bits per heavy atom. The van der Waals surface area contributed by atoms with Gasteiger partial charge in [0.1, 0.15) is 23.9 Å². The molecule has 5 aromatic rings. The van der Waals surface area contributed by atoms with Crippen LogP contribution in [0.5, 0.6) is 0 Å². The number of furan rings is 1. The Labute approximate surface area is 271 Å². The van der Waals surface area contributed by atoms with Crippen LogP contribution in [0.2, 0.25) is 5.02 Å². The molecular weight excluding hydrogens is 610 g/mol. The van der Waals surface area contributed by atoms with E-state index in [0.717, 1.165) is 44.1 Å². The van der Waals surface area contributed by atoms with Crippen LogP contribution < -0.4 is 5.56 Å². The zero-order valence-electron chi connectivity index (χ0n) is 25.6. The van der Waals surface area contributed by atoms with Gasteiger partial charge in [0.2, 0.25) is 5.91 Å². The van der Waals surface area contributed by atoms with Crippen molar-refractivity contribution in [3.8, 4) is 11.3 Å². The van der Waals surface area contributed by atoms with Crippen LogP contribution in [0.1, 0.15) is 36.9 Å². The lowest BCUT2D eigenvalue weighted by atomic mass is 10.0. The van der Waals surface area contributed by atoms with Gasteiger partial charge in [-0.15, -0.1) is 0 Å². The zero-order valence-corrected chi connectivity index (χ0v) is 26.4.